The molecule has 5 rings (SSSR count). The van der Waals surface area contributed by atoms with Crippen molar-refractivity contribution >= 4 is 33.0 Å². The van der Waals surface area contributed by atoms with Crippen LogP contribution in [-0.4, -0.2) is 50.7 Å². The molecule has 0 radical (unpaired) electrons. The number of anilines is 1. The molecule has 3 aromatic heterocycles. The zero-order valence-corrected chi connectivity index (χ0v) is 15.2. The van der Waals surface area contributed by atoms with Crippen LogP contribution >= 0.6 is 11.3 Å². The Morgan fingerprint density at radius 1 is 1.08 bits per heavy atom. The van der Waals surface area contributed by atoms with Gasteiger partial charge in [-0.15, -0.1) is 11.3 Å². The number of nitrogens with zero attached hydrogens (tertiary/aromatic N) is 5. The summed E-state index contributed by atoms with van der Waals surface area (Å²) in [7, 11) is 0. The van der Waals surface area contributed by atoms with E-state index in [1.165, 1.54) is 36.0 Å². The Balaban J connectivity index is 1.49. The molecule has 1 aliphatic heterocycles. The molecule has 26 heavy (non-hydrogen) atoms. The minimum atomic E-state index is 0.669. The van der Waals surface area contributed by atoms with Gasteiger partial charge in [0.05, 0.1) is 6.20 Å². The molecule has 1 fully saturated rings. The highest BCUT2D eigenvalue weighted by molar-refractivity contribution is 7.17. The lowest BCUT2D eigenvalue weighted by Crippen LogP contribution is -2.26. The average Bonchev–Trinajstić information content (AvgIpc) is 3.41. The van der Waals surface area contributed by atoms with Crippen molar-refractivity contribution in [1.29, 1.82) is 0 Å². The Hall–Kier alpha value is -2.51. The van der Waals surface area contributed by atoms with Crippen molar-refractivity contribution in [3.8, 4) is 11.4 Å². The summed E-state index contributed by atoms with van der Waals surface area (Å²) in [6.07, 6.45) is 4.40. The third kappa shape index (κ3) is 2.83. The van der Waals surface area contributed by atoms with E-state index in [-0.39, 0.29) is 0 Å². The zero-order chi connectivity index (χ0) is 17.3. The minimum Gasteiger partial charge on any atom is -0.353 e. The Bertz CT molecular complexity index is 1050. The molecule has 0 saturated carbocycles. The fourth-order valence-corrected chi connectivity index (χ4v) is 4.50. The van der Waals surface area contributed by atoms with Crippen LogP contribution in [0.2, 0.25) is 0 Å². The van der Waals surface area contributed by atoms with Crippen molar-refractivity contribution in [2.45, 2.75) is 12.8 Å². The van der Waals surface area contributed by atoms with Gasteiger partial charge in [-0.1, -0.05) is 18.2 Å². The second-order valence-electron chi connectivity index (χ2n) is 6.59. The maximum atomic E-state index is 4.80. The van der Waals surface area contributed by atoms with Gasteiger partial charge in [0, 0.05) is 40.2 Å². The van der Waals surface area contributed by atoms with Crippen molar-refractivity contribution in [2.24, 2.45) is 0 Å². The lowest BCUT2D eigenvalue weighted by atomic mass is 10.1. The van der Waals surface area contributed by atoms with E-state index < -0.39 is 0 Å². The normalized spacial score (nSPS) is 15.2. The predicted octanol–water partition coefficient (Wildman–Crippen LogP) is 3.51. The number of benzene rings is 1. The van der Waals surface area contributed by atoms with Crippen molar-refractivity contribution in [2.75, 3.05) is 31.5 Å². The van der Waals surface area contributed by atoms with Crippen LogP contribution in [0.4, 0.5) is 5.95 Å². The second kappa shape index (κ2) is 6.66. The summed E-state index contributed by atoms with van der Waals surface area (Å²) < 4.78 is 3.07. The summed E-state index contributed by atoms with van der Waals surface area (Å²) in [5.41, 5.74) is 1.92. The highest BCUT2D eigenvalue weighted by Crippen LogP contribution is 2.33. The molecule has 1 saturated heterocycles. The number of fused-ring (bicyclic) bond motifs is 2. The van der Waals surface area contributed by atoms with Gasteiger partial charge in [-0.25, -0.2) is 0 Å². The van der Waals surface area contributed by atoms with Crippen LogP contribution in [0.3, 0.4) is 0 Å². The number of aromatic nitrogens is 4. The third-order valence-electron chi connectivity index (χ3n) is 4.89. The van der Waals surface area contributed by atoms with Crippen LogP contribution < -0.4 is 5.32 Å². The van der Waals surface area contributed by atoms with Crippen LogP contribution in [0.5, 0.6) is 0 Å². The predicted molar refractivity (Wildman–Crippen MR) is 106 cm³/mol. The molecule has 0 unspecified atom stereocenters. The lowest BCUT2D eigenvalue weighted by Gasteiger charge is -2.15. The Labute approximate surface area is 155 Å². The molecule has 6 nitrogen and oxygen atoms in total. The first-order valence-corrected chi connectivity index (χ1v) is 9.91. The van der Waals surface area contributed by atoms with Crippen molar-refractivity contribution in [3.05, 3.63) is 41.9 Å². The van der Waals surface area contributed by atoms with Gasteiger partial charge in [-0.2, -0.15) is 19.6 Å². The molecule has 4 aromatic rings. The first-order valence-electron chi connectivity index (χ1n) is 9.03. The number of hydrogen-bond donors (Lipinski definition) is 1. The van der Waals surface area contributed by atoms with E-state index in [4.69, 9.17) is 4.98 Å². The molecule has 1 N–H and O–H groups in total. The Morgan fingerprint density at radius 3 is 2.88 bits per heavy atom. The molecule has 1 aliphatic rings. The maximum absolute atomic E-state index is 4.80. The van der Waals surface area contributed by atoms with Crippen LogP contribution in [-0.2, 0) is 0 Å². The van der Waals surface area contributed by atoms with Crippen LogP contribution in [0.1, 0.15) is 12.8 Å². The molecule has 4 heterocycles. The van der Waals surface area contributed by atoms with E-state index in [0.29, 0.717) is 5.95 Å². The molecule has 0 spiro atoms. The average molecular weight is 364 g/mol. The van der Waals surface area contributed by atoms with Gasteiger partial charge in [-0.3, -0.25) is 0 Å². The Kier molecular flexibility index (Phi) is 4.03. The SMILES string of the molecule is c1ccc2c(-c3nc(NCCN4CCCC4)nc4ccnn34)csc2c1. The maximum Gasteiger partial charge on any atom is 0.226 e. The molecule has 132 valence electrons. The van der Waals surface area contributed by atoms with Crippen LogP contribution in [0, 0.1) is 0 Å². The molecule has 0 bridgehead atoms. The van der Waals surface area contributed by atoms with Gasteiger partial charge in [0.1, 0.15) is 0 Å². The van der Waals surface area contributed by atoms with Crippen molar-refractivity contribution < 1.29 is 0 Å². The summed E-state index contributed by atoms with van der Waals surface area (Å²) in [5, 5.41) is 11.2. The lowest BCUT2D eigenvalue weighted by molar-refractivity contribution is 0.352. The number of likely N-dealkylation sites (tertiary alicyclic amines) is 1. The summed E-state index contributed by atoms with van der Waals surface area (Å²) in [5.74, 6) is 1.50. The van der Waals surface area contributed by atoms with E-state index in [2.05, 4.69) is 49.9 Å². The van der Waals surface area contributed by atoms with Gasteiger partial charge in [-0.05, 0) is 32.0 Å². The molecule has 7 heteroatoms. The highest BCUT2D eigenvalue weighted by atomic mass is 32.1. The molecular formula is C19H20N6S. The van der Waals surface area contributed by atoms with Gasteiger partial charge in [0.25, 0.3) is 0 Å². The molecule has 0 atom stereocenters. The summed E-state index contributed by atoms with van der Waals surface area (Å²) in [6, 6.07) is 10.3. The van der Waals surface area contributed by atoms with Gasteiger partial charge < -0.3 is 10.2 Å². The first-order chi connectivity index (χ1) is 12.9. The summed E-state index contributed by atoms with van der Waals surface area (Å²) in [4.78, 5) is 11.9. The van der Waals surface area contributed by atoms with Crippen LogP contribution in [0.15, 0.2) is 41.9 Å². The fraction of sp³-hybridized carbons (Fsp3) is 0.316. The Morgan fingerprint density at radius 2 is 1.96 bits per heavy atom. The van der Waals surface area contributed by atoms with Gasteiger partial charge in [0.15, 0.2) is 11.5 Å². The zero-order valence-electron chi connectivity index (χ0n) is 14.4. The summed E-state index contributed by atoms with van der Waals surface area (Å²) in [6.45, 7) is 4.30. The minimum absolute atomic E-state index is 0.669. The molecule has 0 amide bonds. The third-order valence-corrected chi connectivity index (χ3v) is 5.85. The van der Waals surface area contributed by atoms with Gasteiger partial charge >= 0.3 is 0 Å². The van der Waals surface area contributed by atoms with Crippen molar-refractivity contribution in [1.82, 2.24) is 24.5 Å². The van der Waals surface area contributed by atoms with E-state index in [1.807, 2.05) is 10.6 Å². The van der Waals surface area contributed by atoms with Crippen molar-refractivity contribution in [3.63, 3.8) is 0 Å². The molecule has 1 aromatic carbocycles. The number of hydrogen-bond acceptors (Lipinski definition) is 6. The van der Waals surface area contributed by atoms with E-state index >= 15 is 0 Å². The smallest absolute Gasteiger partial charge is 0.226 e. The number of nitrogens with one attached hydrogen (secondary N) is 1. The molecular weight excluding hydrogens is 344 g/mol. The topological polar surface area (TPSA) is 58.4 Å². The molecule has 0 aliphatic carbocycles. The standard InChI is InChI=1S/C19H20N6S/c1-2-6-16-14(5-1)15(13-26-16)18-23-19(22-17-7-8-21-25(17)18)20-9-12-24-10-3-4-11-24/h1-2,5-8,13H,3-4,9-12H2,(H,20,22). The van der Waals surface area contributed by atoms with Crippen LogP contribution in [0.25, 0.3) is 27.1 Å². The second-order valence-corrected chi connectivity index (χ2v) is 7.50. The first kappa shape index (κ1) is 15.7. The van der Waals surface area contributed by atoms with E-state index in [9.17, 15) is 0 Å². The van der Waals surface area contributed by atoms with E-state index in [1.54, 1.807) is 17.5 Å². The quantitative estimate of drug-likeness (QED) is 0.587. The highest BCUT2D eigenvalue weighted by Gasteiger charge is 2.15. The summed E-state index contributed by atoms with van der Waals surface area (Å²) >= 11 is 1.73. The number of thiophene rings is 1. The number of rotatable bonds is 5. The fourth-order valence-electron chi connectivity index (χ4n) is 3.56. The largest absolute Gasteiger partial charge is 0.353 e. The monoisotopic (exact) mass is 364 g/mol. The van der Waals surface area contributed by atoms with E-state index in [0.717, 1.165) is 30.1 Å². The van der Waals surface area contributed by atoms with Gasteiger partial charge in [0.2, 0.25) is 5.95 Å².